The third kappa shape index (κ3) is 5.70. The molecule has 0 aliphatic carbocycles. The van der Waals surface area contributed by atoms with Crippen molar-refractivity contribution in [3.8, 4) is 0 Å². The van der Waals surface area contributed by atoms with E-state index in [9.17, 15) is 0 Å². The molecular formula is C6H13N. The lowest BCUT2D eigenvalue weighted by Gasteiger charge is -2.13. The third-order valence-electron chi connectivity index (χ3n) is 0.670. The van der Waals surface area contributed by atoms with Crippen molar-refractivity contribution < 1.29 is 0 Å². The molecule has 0 spiro atoms. The summed E-state index contributed by atoms with van der Waals surface area (Å²) >= 11 is 0. The number of rotatable bonds is 2. The van der Waals surface area contributed by atoms with Crippen LogP contribution in [0.5, 0.6) is 0 Å². The molecule has 0 radical (unpaired) electrons. The van der Waals surface area contributed by atoms with E-state index in [1.807, 2.05) is 19.9 Å². The monoisotopic (exact) mass is 99.1 g/mol. The summed E-state index contributed by atoms with van der Waals surface area (Å²) in [5.41, 5.74) is 5.51. The molecule has 0 bridgehead atoms. The molecule has 0 aliphatic heterocycles. The van der Waals surface area contributed by atoms with Crippen molar-refractivity contribution in [1.82, 2.24) is 0 Å². The molecule has 0 unspecified atom stereocenters. The first-order valence-electron chi connectivity index (χ1n) is 2.46. The molecule has 42 valence electrons. The van der Waals surface area contributed by atoms with Gasteiger partial charge in [0, 0.05) is 5.54 Å². The van der Waals surface area contributed by atoms with Gasteiger partial charge in [-0.3, -0.25) is 0 Å². The Bertz CT molecular complexity index is 59.1. The van der Waals surface area contributed by atoms with Crippen LogP contribution in [0.15, 0.2) is 12.7 Å². The summed E-state index contributed by atoms with van der Waals surface area (Å²) in [6.45, 7) is 7.53. The van der Waals surface area contributed by atoms with E-state index >= 15 is 0 Å². The van der Waals surface area contributed by atoms with Gasteiger partial charge in [-0.05, 0) is 20.3 Å². The fraction of sp³-hybridized carbons (Fsp3) is 0.667. The summed E-state index contributed by atoms with van der Waals surface area (Å²) in [7, 11) is 0. The van der Waals surface area contributed by atoms with Crippen LogP contribution in [0.2, 0.25) is 0 Å². The highest BCUT2D eigenvalue weighted by molar-refractivity contribution is 4.82. The summed E-state index contributed by atoms with van der Waals surface area (Å²) in [6.07, 6.45) is 2.72. The zero-order chi connectivity index (χ0) is 5.91. The van der Waals surface area contributed by atoms with E-state index in [-0.39, 0.29) is 5.54 Å². The maximum absolute atomic E-state index is 5.57. The van der Waals surface area contributed by atoms with E-state index in [0.29, 0.717) is 0 Å². The lowest BCUT2D eigenvalue weighted by Crippen LogP contribution is -2.30. The largest absolute Gasteiger partial charge is 0.325 e. The molecule has 0 atom stereocenters. The minimum absolute atomic E-state index is 0.0677. The smallest absolute Gasteiger partial charge is 0.0132 e. The molecule has 0 aromatic rings. The molecule has 0 saturated carbocycles. The molecule has 2 N–H and O–H groups in total. The molecule has 0 aliphatic rings. The summed E-state index contributed by atoms with van der Waals surface area (Å²) in [4.78, 5) is 0. The van der Waals surface area contributed by atoms with Gasteiger partial charge in [0.15, 0.2) is 0 Å². The first kappa shape index (κ1) is 6.70. The minimum Gasteiger partial charge on any atom is -0.325 e. The van der Waals surface area contributed by atoms with Gasteiger partial charge in [0.05, 0.1) is 0 Å². The molecule has 0 saturated heterocycles. The van der Waals surface area contributed by atoms with Crippen LogP contribution >= 0.6 is 0 Å². The first-order valence-corrected chi connectivity index (χ1v) is 2.46. The van der Waals surface area contributed by atoms with Gasteiger partial charge in [-0.25, -0.2) is 0 Å². The van der Waals surface area contributed by atoms with Crippen LogP contribution in [0.1, 0.15) is 20.3 Å². The molecule has 0 aromatic heterocycles. The van der Waals surface area contributed by atoms with E-state index in [4.69, 9.17) is 5.73 Å². The second-order valence-electron chi connectivity index (χ2n) is 2.48. The Morgan fingerprint density at radius 2 is 2.14 bits per heavy atom. The van der Waals surface area contributed by atoms with Crippen molar-refractivity contribution in [2.75, 3.05) is 0 Å². The highest BCUT2D eigenvalue weighted by Crippen LogP contribution is 2.01. The molecule has 0 amide bonds. The molecule has 0 heterocycles. The van der Waals surface area contributed by atoms with Crippen LogP contribution in [0, 0.1) is 0 Å². The van der Waals surface area contributed by atoms with E-state index in [0.717, 1.165) is 6.42 Å². The Labute approximate surface area is 45.2 Å². The molecule has 0 fully saturated rings. The lowest BCUT2D eigenvalue weighted by atomic mass is 10.0. The van der Waals surface area contributed by atoms with Crippen molar-refractivity contribution in [1.29, 1.82) is 0 Å². The van der Waals surface area contributed by atoms with Crippen LogP contribution in [-0.2, 0) is 0 Å². The Kier molecular flexibility index (Phi) is 2.03. The predicted molar refractivity (Wildman–Crippen MR) is 33.1 cm³/mol. The summed E-state index contributed by atoms with van der Waals surface area (Å²) in [5, 5.41) is 0. The van der Waals surface area contributed by atoms with Crippen molar-refractivity contribution >= 4 is 0 Å². The van der Waals surface area contributed by atoms with Gasteiger partial charge in [-0.15, -0.1) is 6.58 Å². The van der Waals surface area contributed by atoms with Crippen LogP contribution < -0.4 is 5.73 Å². The zero-order valence-electron chi connectivity index (χ0n) is 5.07. The van der Waals surface area contributed by atoms with Crippen LogP contribution in [0.4, 0.5) is 0 Å². The van der Waals surface area contributed by atoms with E-state index in [1.165, 1.54) is 0 Å². The Hall–Kier alpha value is -0.300. The molecule has 1 nitrogen and oxygen atoms in total. The normalized spacial score (nSPS) is 11.3. The second kappa shape index (κ2) is 2.12. The van der Waals surface area contributed by atoms with Gasteiger partial charge in [-0.2, -0.15) is 0 Å². The summed E-state index contributed by atoms with van der Waals surface area (Å²) in [6, 6.07) is 0. The number of hydrogen-bond acceptors (Lipinski definition) is 1. The van der Waals surface area contributed by atoms with Crippen molar-refractivity contribution in [2.24, 2.45) is 5.73 Å². The Morgan fingerprint density at radius 1 is 1.71 bits per heavy atom. The van der Waals surface area contributed by atoms with Crippen molar-refractivity contribution in [2.45, 2.75) is 25.8 Å². The Morgan fingerprint density at radius 3 is 2.14 bits per heavy atom. The van der Waals surface area contributed by atoms with Crippen LogP contribution in [0.3, 0.4) is 0 Å². The summed E-state index contributed by atoms with van der Waals surface area (Å²) in [5.74, 6) is 0. The van der Waals surface area contributed by atoms with Gasteiger partial charge in [0.1, 0.15) is 0 Å². The summed E-state index contributed by atoms with van der Waals surface area (Å²) < 4.78 is 0. The van der Waals surface area contributed by atoms with Gasteiger partial charge < -0.3 is 5.73 Å². The lowest BCUT2D eigenvalue weighted by molar-refractivity contribution is 0.528. The highest BCUT2D eigenvalue weighted by atomic mass is 14.7. The molecular weight excluding hydrogens is 86.1 g/mol. The number of hydrogen-bond donors (Lipinski definition) is 1. The van der Waals surface area contributed by atoms with Gasteiger partial charge in [-0.1, -0.05) is 6.08 Å². The topological polar surface area (TPSA) is 26.0 Å². The van der Waals surface area contributed by atoms with E-state index in [1.54, 1.807) is 0 Å². The molecule has 7 heavy (non-hydrogen) atoms. The average molecular weight is 99.2 g/mol. The molecule has 0 rings (SSSR count). The quantitative estimate of drug-likeness (QED) is 0.519. The van der Waals surface area contributed by atoms with Crippen molar-refractivity contribution in [3.05, 3.63) is 12.7 Å². The fourth-order valence-corrected chi connectivity index (χ4v) is 0.372. The van der Waals surface area contributed by atoms with Gasteiger partial charge in [0.2, 0.25) is 0 Å². The fourth-order valence-electron chi connectivity index (χ4n) is 0.372. The Balaban J connectivity index is 3.34. The molecule has 1 heteroatoms. The van der Waals surface area contributed by atoms with Gasteiger partial charge >= 0.3 is 0 Å². The maximum atomic E-state index is 5.57. The van der Waals surface area contributed by atoms with Crippen molar-refractivity contribution in [3.63, 3.8) is 0 Å². The third-order valence-corrected chi connectivity index (χ3v) is 0.670. The standard InChI is InChI=1S/C6H13N/c1-4-5-6(2,3)7/h4H,1,5,7H2,2-3H3. The van der Waals surface area contributed by atoms with Crippen LogP contribution in [-0.4, -0.2) is 5.54 Å². The van der Waals surface area contributed by atoms with E-state index < -0.39 is 0 Å². The zero-order valence-corrected chi connectivity index (χ0v) is 5.07. The first-order chi connectivity index (χ1) is 3.06. The molecule has 0 aromatic carbocycles. The predicted octanol–water partition coefficient (Wildman–Crippen LogP) is 1.30. The second-order valence-corrected chi connectivity index (χ2v) is 2.48. The SMILES string of the molecule is C=CCC(C)(C)N. The highest BCUT2D eigenvalue weighted by Gasteiger charge is 2.05. The number of nitrogens with two attached hydrogens (primary N) is 1. The van der Waals surface area contributed by atoms with E-state index in [2.05, 4.69) is 6.58 Å². The average Bonchev–Trinajstić information content (AvgIpc) is 1.30. The maximum Gasteiger partial charge on any atom is 0.0132 e. The minimum atomic E-state index is -0.0677. The van der Waals surface area contributed by atoms with Crippen LogP contribution in [0.25, 0.3) is 0 Å². The van der Waals surface area contributed by atoms with Gasteiger partial charge in [0.25, 0.3) is 0 Å².